The van der Waals surface area contributed by atoms with E-state index >= 15 is 0 Å². The molecule has 4 amide bonds. The molecular weight excluding hydrogens is 450 g/mol. The molecule has 0 aliphatic carbocycles. The van der Waals surface area contributed by atoms with Crippen LogP contribution in [-0.4, -0.2) is 72.0 Å². The van der Waals surface area contributed by atoms with Gasteiger partial charge in [-0.1, -0.05) is 23.1 Å². The smallest absolute Gasteiger partial charge is 0.322 e. The highest BCUT2D eigenvalue weighted by atomic mass is 16.5. The van der Waals surface area contributed by atoms with Gasteiger partial charge < -0.3 is 25.1 Å². The highest BCUT2D eigenvalue weighted by Crippen LogP contribution is 2.25. The first-order chi connectivity index (χ1) is 16.9. The Balaban J connectivity index is 0.000000189. The van der Waals surface area contributed by atoms with Crippen molar-refractivity contribution in [3.05, 3.63) is 64.7 Å². The molecule has 180 valence electrons. The number of ether oxygens (including phenoxy) is 1. The number of hydrogen-bond acceptors (Lipinski definition) is 6. The lowest BCUT2D eigenvalue weighted by atomic mass is 10.1. The molecule has 3 N–H and O–H groups in total. The van der Waals surface area contributed by atoms with Crippen molar-refractivity contribution in [3.63, 3.8) is 0 Å². The van der Waals surface area contributed by atoms with Crippen LogP contribution in [0, 0.1) is 11.8 Å². The third-order valence-corrected chi connectivity index (χ3v) is 5.83. The molecule has 2 aromatic carbocycles. The molecule has 2 aromatic rings. The number of amides is 4. The molecule has 0 unspecified atom stereocenters. The Kier molecular flexibility index (Phi) is 6.87. The highest BCUT2D eigenvalue weighted by molar-refractivity contribution is 6.06. The molecular formula is C25H25N5O5. The molecule has 10 nitrogen and oxygen atoms in total. The standard InChI is InChI=1S/C15H14N4O3.C10H11NO2/c20-14-12(16-15(21)17-14)7-4-10-2-5-11(6-3-10)13(18-22)19-8-1-9-19;1-11-6-7-3-4-8(13-2)5-9(7)10(11)12/h2-3,5-6,12,22H,1,8-9H2,(H2,16,17,20,21);3-5H,6H2,1-2H3/b18-13-;/t12-;/m0./s1. The maximum absolute atomic E-state index is 11.5. The van der Waals surface area contributed by atoms with Crippen molar-refractivity contribution in [2.24, 2.45) is 5.16 Å². The molecule has 5 rings (SSSR count). The molecule has 3 aliphatic heterocycles. The predicted molar refractivity (Wildman–Crippen MR) is 127 cm³/mol. The summed E-state index contributed by atoms with van der Waals surface area (Å²) in [7, 11) is 3.40. The Morgan fingerprint density at radius 3 is 2.46 bits per heavy atom. The number of urea groups is 1. The second-order valence-corrected chi connectivity index (χ2v) is 8.19. The van der Waals surface area contributed by atoms with Crippen molar-refractivity contribution >= 4 is 23.7 Å². The zero-order valence-corrected chi connectivity index (χ0v) is 19.4. The predicted octanol–water partition coefficient (Wildman–Crippen LogP) is 1.37. The van der Waals surface area contributed by atoms with Crippen molar-refractivity contribution < 1.29 is 24.3 Å². The van der Waals surface area contributed by atoms with Crippen molar-refractivity contribution in [1.82, 2.24) is 20.4 Å². The maximum Gasteiger partial charge on any atom is 0.322 e. The normalized spacial score (nSPS) is 18.4. The molecule has 1 atom stereocenters. The number of benzene rings is 2. The second kappa shape index (κ2) is 10.2. The average Bonchev–Trinajstić information content (AvgIpc) is 3.31. The lowest BCUT2D eigenvalue weighted by Crippen LogP contribution is -2.42. The summed E-state index contributed by atoms with van der Waals surface area (Å²) in [4.78, 5) is 37.5. The quantitative estimate of drug-likeness (QED) is 0.151. The van der Waals surface area contributed by atoms with Crippen LogP contribution in [0.3, 0.4) is 0 Å². The van der Waals surface area contributed by atoms with Crippen LogP contribution in [0.15, 0.2) is 47.6 Å². The summed E-state index contributed by atoms with van der Waals surface area (Å²) in [5.74, 6) is 6.46. The summed E-state index contributed by atoms with van der Waals surface area (Å²) >= 11 is 0. The Morgan fingerprint density at radius 1 is 1.14 bits per heavy atom. The van der Waals surface area contributed by atoms with E-state index < -0.39 is 18.0 Å². The fraction of sp³-hybridized carbons (Fsp3) is 0.280. The van der Waals surface area contributed by atoms with E-state index in [1.807, 2.05) is 29.2 Å². The van der Waals surface area contributed by atoms with Crippen LogP contribution in [0.25, 0.3) is 0 Å². The van der Waals surface area contributed by atoms with Gasteiger partial charge in [0.2, 0.25) is 0 Å². The van der Waals surface area contributed by atoms with Crippen LogP contribution in [0.4, 0.5) is 4.79 Å². The fourth-order valence-corrected chi connectivity index (χ4v) is 3.76. The van der Waals surface area contributed by atoms with Gasteiger partial charge in [0.15, 0.2) is 11.9 Å². The summed E-state index contributed by atoms with van der Waals surface area (Å²) in [6.45, 7) is 2.48. The van der Waals surface area contributed by atoms with Crippen LogP contribution in [0.2, 0.25) is 0 Å². The van der Waals surface area contributed by atoms with Gasteiger partial charge in [-0.2, -0.15) is 0 Å². The number of hydrogen-bond donors (Lipinski definition) is 3. The molecule has 0 aromatic heterocycles. The number of carbonyl (C=O) groups excluding carboxylic acids is 3. The van der Waals surface area contributed by atoms with Crippen molar-refractivity contribution in [1.29, 1.82) is 0 Å². The Hall–Kier alpha value is -4.52. The average molecular weight is 476 g/mol. The van der Waals surface area contributed by atoms with Crippen molar-refractivity contribution in [2.45, 2.75) is 19.0 Å². The zero-order chi connectivity index (χ0) is 24.9. The number of nitrogens with zero attached hydrogens (tertiary/aromatic N) is 3. The summed E-state index contributed by atoms with van der Waals surface area (Å²) in [5.41, 5.74) is 3.36. The van der Waals surface area contributed by atoms with Gasteiger partial charge >= 0.3 is 6.03 Å². The van der Waals surface area contributed by atoms with Crippen LogP contribution in [0.1, 0.15) is 33.5 Å². The molecule has 10 heteroatoms. The number of oxime groups is 1. The number of methoxy groups -OCH3 is 1. The molecule has 0 radical (unpaired) electrons. The third kappa shape index (κ3) is 5.19. The highest BCUT2D eigenvalue weighted by Gasteiger charge is 2.27. The molecule has 2 saturated heterocycles. The Labute approximate surface area is 202 Å². The number of imide groups is 1. The van der Waals surface area contributed by atoms with E-state index in [2.05, 4.69) is 27.6 Å². The number of likely N-dealkylation sites (tertiary alicyclic amines) is 1. The van der Waals surface area contributed by atoms with E-state index in [4.69, 9.17) is 9.94 Å². The third-order valence-electron chi connectivity index (χ3n) is 5.83. The Bertz CT molecular complexity index is 1240. The van der Waals surface area contributed by atoms with Gasteiger partial charge in [-0.3, -0.25) is 14.9 Å². The minimum Gasteiger partial charge on any atom is -0.497 e. The van der Waals surface area contributed by atoms with Gasteiger partial charge in [-0.05, 0) is 48.4 Å². The Morgan fingerprint density at radius 2 is 1.89 bits per heavy atom. The zero-order valence-electron chi connectivity index (χ0n) is 19.4. The first kappa shape index (κ1) is 23.6. The van der Waals surface area contributed by atoms with Gasteiger partial charge in [0, 0.05) is 43.4 Å². The van der Waals surface area contributed by atoms with Crippen LogP contribution < -0.4 is 15.4 Å². The van der Waals surface area contributed by atoms with Gasteiger partial charge in [0.05, 0.1) is 7.11 Å². The lowest BCUT2D eigenvalue weighted by Gasteiger charge is -2.33. The molecule has 3 heterocycles. The van der Waals surface area contributed by atoms with Crippen molar-refractivity contribution in [3.8, 4) is 17.6 Å². The number of nitrogens with one attached hydrogen (secondary N) is 2. The van der Waals surface area contributed by atoms with Crippen LogP contribution in [0.5, 0.6) is 5.75 Å². The van der Waals surface area contributed by atoms with Gasteiger partial charge in [0.25, 0.3) is 11.8 Å². The minimum atomic E-state index is -0.817. The molecule has 3 aliphatic rings. The first-order valence-corrected chi connectivity index (χ1v) is 11.0. The fourth-order valence-electron chi connectivity index (χ4n) is 3.76. The first-order valence-electron chi connectivity index (χ1n) is 11.0. The molecule has 0 spiro atoms. The van der Waals surface area contributed by atoms with Gasteiger partial charge in [-0.15, -0.1) is 0 Å². The molecule has 0 bridgehead atoms. The van der Waals surface area contributed by atoms with Crippen molar-refractivity contribution in [2.75, 3.05) is 27.2 Å². The molecule has 2 fully saturated rings. The lowest BCUT2D eigenvalue weighted by molar-refractivity contribution is -0.119. The molecule has 0 saturated carbocycles. The van der Waals surface area contributed by atoms with Gasteiger partial charge in [-0.25, -0.2) is 4.79 Å². The number of amidine groups is 1. The van der Waals surface area contributed by atoms with Crippen LogP contribution >= 0.6 is 0 Å². The monoisotopic (exact) mass is 475 g/mol. The topological polar surface area (TPSA) is 124 Å². The van der Waals surface area contributed by atoms with E-state index in [9.17, 15) is 14.4 Å². The largest absolute Gasteiger partial charge is 0.497 e. The summed E-state index contributed by atoms with van der Waals surface area (Å²) in [5, 5.41) is 17.0. The second-order valence-electron chi connectivity index (χ2n) is 8.19. The number of fused-ring (bicyclic) bond motifs is 1. The van der Waals surface area contributed by atoms with E-state index in [0.717, 1.165) is 42.0 Å². The minimum absolute atomic E-state index is 0.0777. The molecule has 35 heavy (non-hydrogen) atoms. The van der Waals surface area contributed by atoms with Crippen LogP contribution in [-0.2, 0) is 11.3 Å². The summed E-state index contributed by atoms with van der Waals surface area (Å²) in [6, 6.07) is 11.4. The van der Waals surface area contributed by atoms with E-state index in [0.29, 0.717) is 17.9 Å². The summed E-state index contributed by atoms with van der Waals surface area (Å²) in [6.07, 6.45) is 1.09. The van der Waals surface area contributed by atoms with E-state index in [1.165, 1.54) is 0 Å². The maximum atomic E-state index is 11.5. The number of carbonyl (C=O) groups is 3. The number of rotatable bonds is 2. The summed E-state index contributed by atoms with van der Waals surface area (Å²) < 4.78 is 5.05. The van der Waals surface area contributed by atoms with E-state index in [-0.39, 0.29) is 5.91 Å². The van der Waals surface area contributed by atoms with Gasteiger partial charge in [0.1, 0.15) is 5.75 Å². The SMILES string of the molecule is COc1ccc2c(c1)C(=O)N(C)C2.O=C1NC(=O)[C@H](C#Cc2ccc(/C(=N/O)N3CCC3)cc2)N1. The van der Waals surface area contributed by atoms with E-state index in [1.54, 1.807) is 37.3 Å².